The molecule has 0 aliphatic heterocycles. The Bertz CT molecular complexity index is 686. The van der Waals surface area contributed by atoms with E-state index < -0.39 is 0 Å². The Morgan fingerprint density at radius 3 is 2.61 bits per heavy atom. The van der Waals surface area contributed by atoms with Crippen LogP contribution in [0.15, 0.2) is 47.1 Å². The van der Waals surface area contributed by atoms with Gasteiger partial charge in [0.15, 0.2) is 0 Å². The summed E-state index contributed by atoms with van der Waals surface area (Å²) in [5.41, 5.74) is 2.69. The number of fused-ring (bicyclic) bond motifs is 1. The molecule has 2 aromatic heterocycles. The van der Waals surface area contributed by atoms with E-state index in [4.69, 9.17) is 4.42 Å². The quantitative estimate of drug-likeness (QED) is 0.677. The molecule has 0 atom stereocenters. The van der Waals surface area contributed by atoms with Gasteiger partial charge in [-0.3, -0.25) is 0 Å². The second-order valence-corrected chi connectivity index (χ2v) is 4.62. The summed E-state index contributed by atoms with van der Waals surface area (Å²) in [7, 11) is 0. The highest BCUT2D eigenvalue weighted by Crippen LogP contribution is 2.22. The van der Waals surface area contributed by atoms with Gasteiger partial charge in [-0.05, 0) is 18.1 Å². The molecule has 0 saturated carbocycles. The Morgan fingerprint density at radius 2 is 1.83 bits per heavy atom. The van der Waals surface area contributed by atoms with Gasteiger partial charge in [-0.25, -0.2) is 9.97 Å². The summed E-state index contributed by atoms with van der Waals surface area (Å²) in [6.45, 7) is 4.19. The molecule has 3 heteroatoms. The van der Waals surface area contributed by atoms with Gasteiger partial charge in [0.2, 0.25) is 5.89 Å². The number of aromatic nitrogens is 2. The zero-order valence-corrected chi connectivity index (χ0v) is 10.4. The number of pyridine rings is 1. The van der Waals surface area contributed by atoms with Crippen LogP contribution in [0.2, 0.25) is 0 Å². The van der Waals surface area contributed by atoms with Crippen LogP contribution in [-0.2, 0) is 0 Å². The maximum Gasteiger partial charge on any atom is 0.245 e. The SMILES string of the molecule is CC(C)c1coc(-c2ccc3ccccc3n2)n1. The summed E-state index contributed by atoms with van der Waals surface area (Å²) in [6.07, 6.45) is 1.71. The third-order valence-electron chi connectivity index (χ3n) is 2.93. The fourth-order valence-electron chi connectivity index (χ4n) is 1.85. The standard InChI is InChI=1S/C15H14N2O/c1-10(2)14-9-18-15(17-14)13-8-7-11-5-3-4-6-12(11)16-13/h3-10H,1-2H3. The van der Waals surface area contributed by atoms with Gasteiger partial charge in [0.05, 0.1) is 11.2 Å². The van der Waals surface area contributed by atoms with E-state index in [1.54, 1.807) is 6.26 Å². The Morgan fingerprint density at radius 1 is 1.00 bits per heavy atom. The number of benzene rings is 1. The van der Waals surface area contributed by atoms with E-state index >= 15 is 0 Å². The van der Waals surface area contributed by atoms with Crippen molar-refractivity contribution in [1.29, 1.82) is 0 Å². The number of rotatable bonds is 2. The molecular formula is C15H14N2O. The molecule has 3 nitrogen and oxygen atoms in total. The lowest BCUT2D eigenvalue weighted by Gasteiger charge is -1.99. The number of hydrogen-bond acceptors (Lipinski definition) is 3. The van der Waals surface area contributed by atoms with Crippen LogP contribution in [0.5, 0.6) is 0 Å². The molecule has 0 saturated heterocycles. The molecule has 0 N–H and O–H groups in total. The topological polar surface area (TPSA) is 38.9 Å². The van der Waals surface area contributed by atoms with Crippen molar-refractivity contribution in [3.8, 4) is 11.6 Å². The fraction of sp³-hybridized carbons (Fsp3) is 0.200. The predicted octanol–water partition coefficient (Wildman–Crippen LogP) is 4.01. The summed E-state index contributed by atoms with van der Waals surface area (Å²) in [5.74, 6) is 0.951. The molecule has 0 amide bonds. The maximum atomic E-state index is 5.49. The van der Waals surface area contributed by atoms with Gasteiger partial charge >= 0.3 is 0 Å². The Hall–Kier alpha value is -2.16. The van der Waals surface area contributed by atoms with Gasteiger partial charge in [0.25, 0.3) is 0 Å². The number of nitrogens with zero attached hydrogens (tertiary/aromatic N) is 2. The van der Waals surface area contributed by atoms with E-state index in [9.17, 15) is 0 Å². The maximum absolute atomic E-state index is 5.49. The first kappa shape index (κ1) is 11.0. The molecule has 2 heterocycles. The van der Waals surface area contributed by atoms with Crippen molar-refractivity contribution >= 4 is 10.9 Å². The van der Waals surface area contributed by atoms with Gasteiger partial charge < -0.3 is 4.42 Å². The van der Waals surface area contributed by atoms with E-state index in [1.807, 2.05) is 36.4 Å². The lowest BCUT2D eigenvalue weighted by molar-refractivity contribution is 0.569. The number of para-hydroxylation sites is 1. The first-order valence-corrected chi connectivity index (χ1v) is 6.05. The molecule has 0 spiro atoms. The van der Waals surface area contributed by atoms with Crippen molar-refractivity contribution < 1.29 is 4.42 Å². The Balaban J connectivity index is 2.07. The van der Waals surface area contributed by atoms with E-state index in [0.717, 1.165) is 22.3 Å². The molecule has 0 aliphatic carbocycles. The first-order valence-electron chi connectivity index (χ1n) is 6.05. The van der Waals surface area contributed by atoms with E-state index in [0.29, 0.717) is 11.8 Å². The van der Waals surface area contributed by atoms with Crippen LogP contribution in [0.4, 0.5) is 0 Å². The predicted molar refractivity (Wildman–Crippen MR) is 71.3 cm³/mol. The normalized spacial score (nSPS) is 11.3. The molecule has 1 aromatic carbocycles. The van der Waals surface area contributed by atoms with E-state index in [2.05, 4.69) is 23.8 Å². The van der Waals surface area contributed by atoms with Gasteiger partial charge in [0.1, 0.15) is 12.0 Å². The minimum Gasteiger partial charge on any atom is -0.443 e. The van der Waals surface area contributed by atoms with Crippen molar-refractivity contribution in [1.82, 2.24) is 9.97 Å². The monoisotopic (exact) mass is 238 g/mol. The highest BCUT2D eigenvalue weighted by molar-refractivity contribution is 5.80. The van der Waals surface area contributed by atoms with Crippen LogP contribution in [0.3, 0.4) is 0 Å². The van der Waals surface area contributed by atoms with Crippen LogP contribution >= 0.6 is 0 Å². The third-order valence-corrected chi connectivity index (χ3v) is 2.93. The molecular weight excluding hydrogens is 224 g/mol. The second kappa shape index (κ2) is 4.26. The largest absolute Gasteiger partial charge is 0.443 e. The minimum absolute atomic E-state index is 0.364. The molecule has 90 valence electrons. The lowest BCUT2D eigenvalue weighted by atomic mass is 10.2. The van der Waals surface area contributed by atoms with Gasteiger partial charge in [0, 0.05) is 5.39 Å². The third kappa shape index (κ3) is 1.88. The second-order valence-electron chi connectivity index (χ2n) is 4.62. The number of hydrogen-bond donors (Lipinski definition) is 0. The average molecular weight is 238 g/mol. The fourth-order valence-corrected chi connectivity index (χ4v) is 1.85. The van der Waals surface area contributed by atoms with Gasteiger partial charge in [-0.15, -0.1) is 0 Å². The summed E-state index contributed by atoms with van der Waals surface area (Å²) < 4.78 is 5.49. The molecule has 3 rings (SSSR count). The van der Waals surface area contributed by atoms with Crippen LogP contribution in [0.1, 0.15) is 25.5 Å². The molecule has 0 bridgehead atoms. The summed E-state index contributed by atoms with van der Waals surface area (Å²) in [5, 5.41) is 1.12. The van der Waals surface area contributed by atoms with Crippen molar-refractivity contribution in [2.75, 3.05) is 0 Å². The van der Waals surface area contributed by atoms with Crippen molar-refractivity contribution in [2.45, 2.75) is 19.8 Å². The molecule has 0 radical (unpaired) electrons. The highest BCUT2D eigenvalue weighted by Gasteiger charge is 2.10. The molecule has 0 fully saturated rings. The van der Waals surface area contributed by atoms with Crippen LogP contribution in [-0.4, -0.2) is 9.97 Å². The average Bonchev–Trinajstić information content (AvgIpc) is 2.88. The van der Waals surface area contributed by atoms with Crippen molar-refractivity contribution in [3.63, 3.8) is 0 Å². The molecule has 18 heavy (non-hydrogen) atoms. The Kier molecular flexibility index (Phi) is 2.59. The molecule has 0 unspecified atom stereocenters. The van der Waals surface area contributed by atoms with Crippen LogP contribution in [0.25, 0.3) is 22.5 Å². The van der Waals surface area contributed by atoms with E-state index in [1.165, 1.54) is 0 Å². The Labute approximate surface area is 105 Å². The zero-order chi connectivity index (χ0) is 12.5. The zero-order valence-electron chi connectivity index (χ0n) is 10.4. The lowest BCUT2D eigenvalue weighted by Crippen LogP contribution is -1.88. The smallest absolute Gasteiger partial charge is 0.245 e. The summed E-state index contributed by atoms with van der Waals surface area (Å²) in [4.78, 5) is 9.02. The van der Waals surface area contributed by atoms with Crippen LogP contribution < -0.4 is 0 Å². The summed E-state index contributed by atoms with van der Waals surface area (Å²) >= 11 is 0. The van der Waals surface area contributed by atoms with Crippen molar-refractivity contribution in [2.24, 2.45) is 0 Å². The molecule has 3 aromatic rings. The van der Waals surface area contributed by atoms with Crippen LogP contribution in [0, 0.1) is 0 Å². The molecule has 0 aliphatic rings. The van der Waals surface area contributed by atoms with Crippen molar-refractivity contribution in [3.05, 3.63) is 48.4 Å². The van der Waals surface area contributed by atoms with Gasteiger partial charge in [-0.1, -0.05) is 38.1 Å². The first-order chi connectivity index (χ1) is 8.74. The minimum atomic E-state index is 0.364. The van der Waals surface area contributed by atoms with E-state index in [-0.39, 0.29) is 0 Å². The summed E-state index contributed by atoms with van der Waals surface area (Å²) in [6, 6.07) is 12.0. The highest BCUT2D eigenvalue weighted by atomic mass is 16.3. The van der Waals surface area contributed by atoms with Gasteiger partial charge in [-0.2, -0.15) is 0 Å². The number of oxazole rings is 1.